The van der Waals surface area contributed by atoms with Crippen molar-refractivity contribution in [3.63, 3.8) is 0 Å². The van der Waals surface area contributed by atoms with E-state index in [4.69, 9.17) is 16.3 Å². The second-order valence-corrected chi connectivity index (χ2v) is 5.87. The Morgan fingerprint density at radius 1 is 1.31 bits per heavy atom. The minimum atomic E-state index is -0.504. The summed E-state index contributed by atoms with van der Waals surface area (Å²) in [5, 5.41) is 16.4. The molecule has 0 amide bonds. The number of benzene rings is 2. The van der Waals surface area contributed by atoms with Gasteiger partial charge >= 0.3 is 0 Å². The molecule has 0 fully saturated rings. The third kappa shape index (κ3) is 3.35. The lowest BCUT2D eigenvalue weighted by atomic mass is 10.1. The number of nitrogens with zero attached hydrogens (tertiary/aromatic N) is 2. The lowest BCUT2D eigenvalue weighted by Crippen LogP contribution is -2.01. The van der Waals surface area contributed by atoms with E-state index in [0.717, 1.165) is 11.1 Å². The van der Waals surface area contributed by atoms with E-state index in [0.29, 0.717) is 34.8 Å². The number of hydrogen-bond acceptors (Lipinski definition) is 5. The molecule has 1 heterocycles. The topological polar surface area (TPSA) is 70.0 Å². The lowest BCUT2D eigenvalue weighted by molar-refractivity contribution is 0.342. The van der Waals surface area contributed by atoms with Gasteiger partial charge in [-0.1, -0.05) is 11.6 Å². The normalized spacial score (nSPS) is 10.4. The fourth-order valence-electron chi connectivity index (χ4n) is 2.63. The van der Waals surface area contributed by atoms with Crippen LogP contribution < -0.4 is 15.4 Å². The SMILES string of the molecule is CCOc1cc2ncc(C#N)c(Nc3ccc(F)c(Cl)c3)c2cc1NC. The monoisotopic (exact) mass is 370 g/mol. The Labute approximate surface area is 155 Å². The van der Waals surface area contributed by atoms with Gasteiger partial charge in [0.05, 0.1) is 34.1 Å². The van der Waals surface area contributed by atoms with E-state index in [-0.39, 0.29) is 5.02 Å². The van der Waals surface area contributed by atoms with Crippen LogP contribution in [0.2, 0.25) is 5.02 Å². The zero-order valence-corrected chi connectivity index (χ0v) is 15.0. The molecule has 3 rings (SSSR count). The zero-order valence-electron chi connectivity index (χ0n) is 14.2. The van der Waals surface area contributed by atoms with E-state index in [9.17, 15) is 9.65 Å². The van der Waals surface area contributed by atoms with Crippen LogP contribution in [0.15, 0.2) is 36.5 Å². The van der Waals surface area contributed by atoms with Gasteiger partial charge in [0.1, 0.15) is 17.6 Å². The molecule has 0 radical (unpaired) electrons. The molecule has 2 N–H and O–H groups in total. The summed E-state index contributed by atoms with van der Waals surface area (Å²) in [6.07, 6.45) is 1.49. The summed E-state index contributed by atoms with van der Waals surface area (Å²) in [5.41, 5.74) is 2.95. The van der Waals surface area contributed by atoms with Crippen molar-refractivity contribution >= 4 is 39.6 Å². The zero-order chi connectivity index (χ0) is 18.7. The summed E-state index contributed by atoms with van der Waals surface area (Å²) in [6.45, 7) is 2.43. The van der Waals surface area contributed by atoms with Crippen LogP contribution in [-0.2, 0) is 0 Å². The fourth-order valence-corrected chi connectivity index (χ4v) is 2.81. The van der Waals surface area contributed by atoms with Crippen molar-refractivity contribution in [2.24, 2.45) is 0 Å². The third-order valence-electron chi connectivity index (χ3n) is 3.85. The highest BCUT2D eigenvalue weighted by Crippen LogP contribution is 2.36. The van der Waals surface area contributed by atoms with Crippen molar-refractivity contribution < 1.29 is 9.13 Å². The van der Waals surface area contributed by atoms with E-state index in [1.165, 1.54) is 18.3 Å². The molecule has 1 aromatic heterocycles. The van der Waals surface area contributed by atoms with E-state index in [2.05, 4.69) is 21.7 Å². The van der Waals surface area contributed by atoms with Crippen molar-refractivity contribution in [3.8, 4) is 11.8 Å². The highest BCUT2D eigenvalue weighted by Gasteiger charge is 2.14. The van der Waals surface area contributed by atoms with Gasteiger partial charge in [-0.25, -0.2) is 4.39 Å². The maximum Gasteiger partial charge on any atom is 0.144 e. The van der Waals surface area contributed by atoms with Crippen LogP contribution in [0.1, 0.15) is 12.5 Å². The Balaban J connectivity index is 2.18. The number of hydrogen-bond donors (Lipinski definition) is 2. The molecule has 0 saturated heterocycles. The third-order valence-corrected chi connectivity index (χ3v) is 4.14. The average molecular weight is 371 g/mol. The van der Waals surface area contributed by atoms with Crippen LogP contribution in [0.25, 0.3) is 10.9 Å². The molecule has 3 aromatic rings. The van der Waals surface area contributed by atoms with Crippen LogP contribution in [0.4, 0.5) is 21.5 Å². The van der Waals surface area contributed by atoms with Crippen LogP contribution in [-0.4, -0.2) is 18.6 Å². The number of fused-ring (bicyclic) bond motifs is 1. The molecule has 0 saturated carbocycles. The smallest absolute Gasteiger partial charge is 0.144 e. The van der Waals surface area contributed by atoms with Gasteiger partial charge in [0.15, 0.2) is 0 Å². The molecule has 2 aromatic carbocycles. The van der Waals surface area contributed by atoms with Crippen LogP contribution in [0.3, 0.4) is 0 Å². The van der Waals surface area contributed by atoms with Gasteiger partial charge in [0.2, 0.25) is 0 Å². The molecule has 0 aliphatic carbocycles. The fraction of sp³-hybridized carbons (Fsp3) is 0.158. The Kier molecular flexibility index (Phi) is 5.10. The standard InChI is InChI=1S/C19H16ClFN4O/c1-3-26-18-8-16-13(7-17(18)23-2)19(11(9-22)10-24-16)25-12-4-5-15(21)14(20)6-12/h4-8,10,23H,3H2,1-2H3,(H,24,25). The number of anilines is 3. The molecule has 26 heavy (non-hydrogen) atoms. The maximum absolute atomic E-state index is 13.4. The summed E-state index contributed by atoms with van der Waals surface area (Å²) in [5.74, 6) is 0.173. The molecule has 0 bridgehead atoms. The summed E-state index contributed by atoms with van der Waals surface area (Å²) in [6, 6.07) is 10.1. The first kappa shape index (κ1) is 17.8. The first-order valence-electron chi connectivity index (χ1n) is 7.96. The van der Waals surface area contributed by atoms with E-state index in [1.807, 2.05) is 19.1 Å². The lowest BCUT2D eigenvalue weighted by Gasteiger charge is -2.15. The second kappa shape index (κ2) is 7.46. The number of aromatic nitrogens is 1. The van der Waals surface area contributed by atoms with E-state index in [1.54, 1.807) is 13.1 Å². The van der Waals surface area contributed by atoms with Crippen molar-refractivity contribution in [2.45, 2.75) is 6.92 Å². The van der Waals surface area contributed by atoms with Gasteiger partial charge in [0.25, 0.3) is 0 Å². The van der Waals surface area contributed by atoms with Gasteiger partial charge in [0, 0.05) is 30.4 Å². The number of rotatable bonds is 5. The summed E-state index contributed by atoms with van der Waals surface area (Å²) >= 11 is 5.86. The van der Waals surface area contributed by atoms with E-state index < -0.39 is 5.82 Å². The van der Waals surface area contributed by atoms with E-state index >= 15 is 0 Å². The number of nitriles is 1. The summed E-state index contributed by atoms with van der Waals surface area (Å²) in [4.78, 5) is 4.35. The number of nitrogens with one attached hydrogen (secondary N) is 2. The first-order chi connectivity index (χ1) is 12.6. The maximum atomic E-state index is 13.4. The average Bonchev–Trinajstić information content (AvgIpc) is 2.64. The molecular weight excluding hydrogens is 355 g/mol. The van der Waals surface area contributed by atoms with Gasteiger partial charge in [-0.2, -0.15) is 5.26 Å². The molecule has 0 aliphatic rings. The highest BCUT2D eigenvalue weighted by atomic mass is 35.5. The van der Waals surface area contributed by atoms with Crippen molar-refractivity contribution in [3.05, 3.63) is 52.9 Å². The quantitative estimate of drug-likeness (QED) is 0.655. The summed E-state index contributed by atoms with van der Waals surface area (Å²) < 4.78 is 19.0. The van der Waals surface area contributed by atoms with Crippen LogP contribution >= 0.6 is 11.6 Å². The largest absolute Gasteiger partial charge is 0.492 e. The minimum Gasteiger partial charge on any atom is -0.492 e. The number of ether oxygens (including phenoxy) is 1. The Hall–Kier alpha value is -3.04. The van der Waals surface area contributed by atoms with Gasteiger partial charge in [-0.3, -0.25) is 4.98 Å². The molecule has 0 unspecified atom stereocenters. The van der Waals surface area contributed by atoms with Crippen molar-refractivity contribution in [1.29, 1.82) is 5.26 Å². The predicted octanol–water partition coefficient (Wildman–Crippen LogP) is 5.08. The van der Waals surface area contributed by atoms with Crippen LogP contribution in [0, 0.1) is 17.1 Å². The summed E-state index contributed by atoms with van der Waals surface area (Å²) in [7, 11) is 1.79. The Morgan fingerprint density at radius 3 is 2.77 bits per heavy atom. The van der Waals surface area contributed by atoms with Crippen LogP contribution in [0.5, 0.6) is 5.75 Å². The van der Waals surface area contributed by atoms with Crippen molar-refractivity contribution in [1.82, 2.24) is 4.98 Å². The van der Waals surface area contributed by atoms with Gasteiger partial charge in [-0.15, -0.1) is 0 Å². The van der Waals surface area contributed by atoms with Gasteiger partial charge < -0.3 is 15.4 Å². The number of pyridine rings is 1. The van der Waals surface area contributed by atoms with Gasteiger partial charge in [-0.05, 0) is 31.2 Å². The first-order valence-corrected chi connectivity index (χ1v) is 8.34. The molecule has 0 atom stereocenters. The predicted molar refractivity (Wildman–Crippen MR) is 102 cm³/mol. The molecule has 0 aliphatic heterocycles. The molecular formula is C19H16ClFN4O. The molecule has 132 valence electrons. The second-order valence-electron chi connectivity index (χ2n) is 5.46. The molecule has 7 heteroatoms. The Morgan fingerprint density at radius 2 is 2.12 bits per heavy atom. The minimum absolute atomic E-state index is 0.00131. The van der Waals surface area contributed by atoms with Crippen molar-refractivity contribution in [2.75, 3.05) is 24.3 Å². The Bertz CT molecular complexity index is 1020. The number of halogens is 2. The molecule has 5 nitrogen and oxygen atoms in total. The molecule has 0 spiro atoms. The highest BCUT2D eigenvalue weighted by molar-refractivity contribution is 6.31.